The molecule has 0 radical (unpaired) electrons. The second-order valence-electron chi connectivity index (χ2n) is 5.44. The Morgan fingerprint density at radius 1 is 1.14 bits per heavy atom. The van der Waals surface area contributed by atoms with Crippen LogP contribution in [-0.4, -0.2) is 31.2 Å². The maximum atomic E-state index is 4.61. The van der Waals surface area contributed by atoms with E-state index in [1.807, 2.05) is 12.3 Å². The van der Waals surface area contributed by atoms with Crippen LogP contribution in [0.25, 0.3) is 0 Å². The van der Waals surface area contributed by atoms with Crippen LogP contribution in [0.1, 0.15) is 11.1 Å². The largest absolute Gasteiger partial charge is 0.367 e. The Kier molecular flexibility index (Phi) is 6.12. The predicted molar refractivity (Wildman–Crippen MR) is 96.6 cm³/mol. The first-order valence-electron chi connectivity index (χ1n) is 7.40. The number of nitrogens with one attached hydrogen (secondary N) is 1. The molecule has 0 amide bonds. The number of halogens is 1. The van der Waals surface area contributed by atoms with Crippen LogP contribution in [0, 0.1) is 13.8 Å². The zero-order chi connectivity index (χ0) is 14.7. The summed E-state index contributed by atoms with van der Waals surface area (Å²) in [6.45, 7) is 8.49. The van der Waals surface area contributed by atoms with Crippen molar-refractivity contribution in [1.82, 2.24) is 10.3 Å². The number of nitrogens with zero attached hydrogens (tertiary/aromatic N) is 2. The number of piperazine rings is 1. The van der Waals surface area contributed by atoms with Gasteiger partial charge < -0.3 is 10.2 Å². The van der Waals surface area contributed by atoms with Gasteiger partial charge in [-0.2, -0.15) is 0 Å². The van der Waals surface area contributed by atoms with Crippen molar-refractivity contribution in [1.29, 1.82) is 0 Å². The highest BCUT2D eigenvalue weighted by atomic mass is 35.5. The normalized spacial score (nSPS) is 14.5. The van der Waals surface area contributed by atoms with Crippen molar-refractivity contribution in [2.45, 2.75) is 23.8 Å². The molecule has 118 valence electrons. The van der Waals surface area contributed by atoms with Gasteiger partial charge in [-0.05, 0) is 37.6 Å². The van der Waals surface area contributed by atoms with Crippen LogP contribution in [-0.2, 0) is 0 Å². The topological polar surface area (TPSA) is 28.2 Å². The molecule has 3 nitrogen and oxygen atoms in total. The highest BCUT2D eigenvalue weighted by Gasteiger charge is 2.16. The van der Waals surface area contributed by atoms with Gasteiger partial charge in [0.15, 0.2) is 0 Å². The van der Waals surface area contributed by atoms with E-state index in [-0.39, 0.29) is 12.4 Å². The summed E-state index contributed by atoms with van der Waals surface area (Å²) in [5.74, 6) is 0. The Morgan fingerprint density at radius 2 is 1.91 bits per heavy atom. The second-order valence-corrected chi connectivity index (χ2v) is 6.47. The molecule has 3 rings (SSSR count). The van der Waals surface area contributed by atoms with E-state index in [1.165, 1.54) is 21.7 Å². The van der Waals surface area contributed by atoms with Gasteiger partial charge in [0.05, 0.1) is 5.69 Å². The van der Waals surface area contributed by atoms with Crippen LogP contribution in [0.15, 0.2) is 46.5 Å². The van der Waals surface area contributed by atoms with Gasteiger partial charge in [0.25, 0.3) is 0 Å². The standard InChI is InChI=1S/C17H21N3S.ClH/c1-13-5-6-16(14(2)12-13)21-17-15(4-3-7-19-17)20-10-8-18-9-11-20;/h3-7,12,18H,8-11H2,1-2H3;1H. The van der Waals surface area contributed by atoms with Crippen molar-refractivity contribution in [3.05, 3.63) is 47.7 Å². The molecule has 2 heterocycles. The van der Waals surface area contributed by atoms with Crippen molar-refractivity contribution in [3.63, 3.8) is 0 Å². The fraction of sp³-hybridized carbons (Fsp3) is 0.353. The molecule has 1 aromatic carbocycles. The summed E-state index contributed by atoms with van der Waals surface area (Å²) in [6, 6.07) is 10.8. The van der Waals surface area contributed by atoms with E-state index in [0.717, 1.165) is 31.2 Å². The van der Waals surface area contributed by atoms with Crippen molar-refractivity contribution in [3.8, 4) is 0 Å². The van der Waals surface area contributed by atoms with Crippen LogP contribution in [0.3, 0.4) is 0 Å². The summed E-state index contributed by atoms with van der Waals surface area (Å²) >= 11 is 1.77. The molecule has 1 aliphatic heterocycles. The van der Waals surface area contributed by atoms with E-state index < -0.39 is 0 Å². The van der Waals surface area contributed by atoms with Gasteiger partial charge in [-0.15, -0.1) is 12.4 Å². The van der Waals surface area contributed by atoms with Gasteiger partial charge in [0, 0.05) is 37.3 Å². The van der Waals surface area contributed by atoms with Crippen LogP contribution in [0.2, 0.25) is 0 Å². The lowest BCUT2D eigenvalue weighted by Gasteiger charge is -2.30. The Bertz CT molecular complexity index is 627. The average molecular weight is 336 g/mol. The summed E-state index contributed by atoms with van der Waals surface area (Å²) in [7, 11) is 0. The average Bonchev–Trinajstić information content (AvgIpc) is 2.51. The molecule has 0 bridgehead atoms. The molecular weight excluding hydrogens is 314 g/mol. The highest BCUT2D eigenvalue weighted by molar-refractivity contribution is 7.99. The molecule has 1 aromatic heterocycles. The number of hydrogen-bond acceptors (Lipinski definition) is 4. The summed E-state index contributed by atoms with van der Waals surface area (Å²) in [5.41, 5.74) is 3.88. The number of aryl methyl sites for hydroxylation is 2. The summed E-state index contributed by atoms with van der Waals surface area (Å²) < 4.78 is 0. The maximum absolute atomic E-state index is 4.61. The van der Waals surface area contributed by atoms with Gasteiger partial charge in [-0.3, -0.25) is 0 Å². The minimum absolute atomic E-state index is 0. The van der Waals surface area contributed by atoms with E-state index in [4.69, 9.17) is 0 Å². The number of benzene rings is 1. The van der Waals surface area contributed by atoms with Crippen LogP contribution in [0.4, 0.5) is 5.69 Å². The lowest BCUT2D eigenvalue weighted by Crippen LogP contribution is -2.43. The van der Waals surface area contributed by atoms with Crippen molar-refractivity contribution >= 4 is 29.9 Å². The second kappa shape index (κ2) is 7.86. The van der Waals surface area contributed by atoms with Crippen molar-refractivity contribution < 1.29 is 0 Å². The van der Waals surface area contributed by atoms with Crippen LogP contribution >= 0.6 is 24.2 Å². The smallest absolute Gasteiger partial charge is 0.124 e. The fourth-order valence-corrected chi connectivity index (χ4v) is 3.60. The van der Waals surface area contributed by atoms with Gasteiger partial charge in [-0.25, -0.2) is 4.98 Å². The summed E-state index contributed by atoms with van der Waals surface area (Å²) in [4.78, 5) is 8.33. The first kappa shape index (κ1) is 17.1. The minimum atomic E-state index is 0. The molecule has 0 atom stereocenters. The number of aromatic nitrogens is 1. The highest BCUT2D eigenvalue weighted by Crippen LogP contribution is 2.35. The van der Waals surface area contributed by atoms with Crippen molar-refractivity contribution in [2.75, 3.05) is 31.1 Å². The SMILES string of the molecule is Cc1ccc(Sc2ncccc2N2CCNCC2)c(C)c1.Cl. The molecule has 0 unspecified atom stereocenters. The molecule has 22 heavy (non-hydrogen) atoms. The molecule has 1 saturated heterocycles. The quantitative estimate of drug-likeness (QED) is 0.926. The molecule has 0 aliphatic carbocycles. The molecular formula is C17H22ClN3S. The zero-order valence-electron chi connectivity index (χ0n) is 13.0. The third-order valence-electron chi connectivity index (χ3n) is 3.75. The number of rotatable bonds is 3. The first-order chi connectivity index (χ1) is 10.2. The molecule has 1 N–H and O–H groups in total. The fourth-order valence-electron chi connectivity index (χ4n) is 2.63. The third-order valence-corrected chi connectivity index (χ3v) is 4.93. The van der Waals surface area contributed by atoms with E-state index >= 15 is 0 Å². The van der Waals surface area contributed by atoms with E-state index in [2.05, 4.69) is 53.3 Å². The monoisotopic (exact) mass is 335 g/mol. The zero-order valence-corrected chi connectivity index (χ0v) is 14.6. The number of pyridine rings is 1. The van der Waals surface area contributed by atoms with E-state index in [1.54, 1.807) is 11.8 Å². The molecule has 5 heteroatoms. The lowest BCUT2D eigenvalue weighted by molar-refractivity contribution is 0.585. The van der Waals surface area contributed by atoms with Crippen LogP contribution < -0.4 is 10.2 Å². The molecule has 1 fully saturated rings. The predicted octanol–water partition coefficient (Wildman–Crippen LogP) is 3.68. The Labute approximate surface area is 142 Å². The molecule has 2 aromatic rings. The number of anilines is 1. The van der Waals surface area contributed by atoms with Gasteiger partial charge >= 0.3 is 0 Å². The summed E-state index contributed by atoms with van der Waals surface area (Å²) in [6.07, 6.45) is 1.89. The Morgan fingerprint density at radius 3 is 2.64 bits per heavy atom. The first-order valence-corrected chi connectivity index (χ1v) is 8.21. The van der Waals surface area contributed by atoms with E-state index in [0.29, 0.717) is 0 Å². The molecule has 1 aliphatic rings. The minimum Gasteiger partial charge on any atom is -0.367 e. The third kappa shape index (κ3) is 3.94. The van der Waals surface area contributed by atoms with Gasteiger partial charge in [0.2, 0.25) is 0 Å². The number of hydrogen-bond donors (Lipinski definition) is 1. The summed E-state index contributed by atoms with van der Waals surface area (Å²) in [5, 5.41) is 4.50. The Hall–Kier alpha value is -1.23. The van der Waals surface area contributed by atoms with Gasteiger partial charge in [-0.1, -0.05) is 29.5 Å². The van der Waals surface area contributed by atoms with Crippen LogP contribution in [0.5, 0.6) is 0 Å². The molecule has 0 spiro atoms. The Balaban J connectivity index is 0.00000176. The van der Waals surface area contributed by atoms with Crippen molar-refractivity contribution in [2.24, 2.45) is 0 Å². The van der Waals surface area contributed by atoms with Gasteiger partial charge in [0.1, 0.15) is 5.03 Å². The molecule has 0 saturated carbocycles. The lowest BCUT2D eigenvalue weighted by atomic mass is 10.2. The maximum Gasteiger partial charge on any atom is 0.124 e. The van der Waals surface area contributed by atoms with E-state index in [9.17, 15) is 0 Å².